The van der Waals surface area contributed by atoms with Crippen molar-refractivity contribution in [3.8, 4) is 0 Å². The second-order valence-electron chi connectivity index (χ2n) is 4.80. The molecule has 0 bridgehead atoms. The van der Waals surface area contributed by atoms with E-state index in [0.29, 0.717) is 6.04 Å². The first kappa shape index (κ1) is 11.0. The number of hydrogen-bond acceptors (Lipinski definition) is 3. The van der Waals surface area contributed by atoms with Gasteiger partial charge in [0, 0.05) is 19.2 Å². The van der Waals surface area contributed by atoms with E-state index in [0.717, 1.165) is 32.7 Å². The fourth-order valence-electron chi connectivity index (χ4n) is 1.74. The van der Waals surface area contributed by atoms with E-state index in [1.54, 1.807) is 0 Å². The van der Waals surface area contributed by atoms with E-state index in [9.17, 15) is 0 Å². The van der Waals surface area contributed by atoms with E-state index < -0.39 is 0 Å². The van der Waals surface area contributed by atoms with Gasteiger partial charge in [-0.3, -0.25) is 0 Å². The first-order valence-electron chi connectivity index (χ1n) is 5.03. The molecule has 0 aliphatic carbocycles. The molecule has 0 aromatic rings. The Hall–Kier alpha value is -0.120. The van der Waals surface area contributed by atoms with Gasteiger partial charge in [-0.25, -0.2) is 0 Å². The molecule has 13 heavy (non-hydrogen) atoms. The molecule has 3 heteroatoms. The van der Waals surface area contributed by atoms with Crippen molar-refractivity contribution < 1.29 is 4.74 Å². The van der Waals surface area contributed by atoms with Crippen LogP contribution in [0.2, 0.25) is 0 Å². The lowest BCUT2D eigenvalue weighted by Crippen LogP contribution is -2.42. The highest BCUT2D eigenvalue weighted by molar-refractivity contribution is 4.79. The molecule has 1 aliphatic heterocycles. The summed E-state index contributed by atoms with van der Waals surface area (Å²) >= 11 is 0. The maximum Gasteiger partial charge on any atom is 0.0622 e. The van der Waals surface area contributed by atoms with E-state index in [1.165, 1.54) is 0 Å². The first-order chi connectivity index (χ1) is 6.05. The van der Waals surface area contributed by atoms with Crippen molar-refractivity contribution in [1.82, 2.24) is 4.90 Å². The Bertz CT molecular complexity index is 153. The zero-order valence-electron chi connectivity index (χ0n) is 9.05. The molecule has 2 N–H and O–H groups in total. The maximum atomic E-state index is 5.70. The van der Waals surface area contributed by atoms with Crippen molar-refractivity contribution in [3.63, 3.8) is 0 Å². The van der Waals surface area contributed by atoms with Crippen molar-refractivity contribution in [2.75, 3.05) is 33.4 Å². The lowest BCUT2D eigenvalue weighted by Gasteiger charge is -2.32. The molecule has 0 aromatic heterocycles. The Balaban J connectivity index is 2.35. The monoisotopic (exact) mass is 186 g/mol. The van der Waals surface area contributed by atoms with E-state index in [1.807, 2.05) is 0 Å². The van der Waals surface area contributed by atoms with Crippen LogP contribution in [0.15, 0.2) is 0 Å². The minimum Gasteiger partial charge on any atom is -0.380 e. The molecule has 1 aliphatic rings. The van der Waals surface area contributed by atoms with Crippen LogP contribution in [-0.2, 0) is 4.74 Å². The summed E-state index contributed by atoms with van der Waals surface area (Å²) in [4.78, 5) is 2.37. The summed E-state index contributed by atoms with van der Waals surface area (Å²) in [5.74, 6) is 0. The van der Waals surface area contributed by atoms with Gasteiger partial charge >= 0.3 is 0 Å². The van der Waals surface area contributed by atoms with Gasteiger partial charge in [-0.05, 0) is 25.4 Å². The molecule has 1 heterocycles. The molecule has 1 rings (SSSR count). The van der Waals surface area contributed by atoms with Gasteiger partial charge < -0.3 is 15.4 Å². The fraction of sp³-hybridized carbons (Fsp3) is 1.00. The molecule has 0 aromatic carbocycles. The molecule has 0 radical (unpaired) electrons. The molecule has 0 amide bonds. The quantitative estimate of drug-likeness (QED) is 0.702. The highest BCUT2D eigenvalue weighted by Crippen LogP contribution is 2.18. The molecule has 1 unspecified atom stereocenters. The summed E-state index contributed by atoms with van der Waals surface area (Å²) in [5.41, 5.74) is 5.91. The minimum atomic E-state index is 0.220. The summed E-state index contributed by atoms with van der Waals surface area (Å²) in [6.07, 6.45) is 1.16. The molecule has 1 saturated heterocycles. The van der Waals surface area contributed by atoms with Crippen molar-refractivity contribution >= 4 is 0 Å². The Morgan fingerprint density at radius 3 is 2.69 bits per heavy atom. The zero-order chi connectivity index (χ0) is 9.90. The van der Waals surface area contributed by atoms with Gasteiger partial charge in [0.1, 0.15) is 0 Å². The van der Waals surface area contributed by atoms with E-state index in [2.05, 4.69) is 25.8 Å². The van der Waals surface area contributed by atoms with E-state index in [-0.39, 0.29) is 5.41 Å². The highest BCUT2D eigenvalue weighted by Gasteiger charge is 2.25. The van der Waals surface area contributed by atoms with Crippen LogP contribution in [0.3, 0.4) is 0 Å². The van der Waals surface area contributed by atoms with Gasteiger partial charge in [-0.1, -0.05) is 13.8 Å². The number of likely N-dealkylation sites (N-methyl/N-ethyl adjacent to an activating group) is 1. The van der Waals surface area contributed by atoms with E-state index in [4.69, 9.17) is 10.5 Å². The van der Waals surface area contributed by atoms with Gasteiger partial charge in [0.25, 0.3) is 0 Å². The van der Waals surface area contributed by atoms with Crippen LogP contribution in [-0.4, -0.2) is 44.3 Å². The van der Waals surface area contributed by atoms with Crippen LogP contribution < -0.4 is 5.73 Å². The van der Waals surface area contributed by atoms with Gasteiger partial charge in [-0.15, -0.1) is 0 Å². The summed E-state index contributed by atoms with van der Waals surface area (Å²) in [7, 11) is 2.16. The Labute approximate surface area is 81.2 Å². The average molecular weight is 186 g/mol. The third-order valence-electron chi connectivity index (χ3n) is 2.76. The normalized spacial score (nSPS) is 24.2. The number of rotatable bonds is 4. The summed E-state index contributed by atoms with van der Waals surface area (Å²) in [5, 5.41) is 0. The SMILES string of the molecule is CN(CC(C)(C)CN)C1CCOC1. The van der Waals surface area contributed by atoms with Gasteiger partial charge in [0.05, 0.1) is 6.61 Å². The predicted octanol–water partition coefficient (Wildman–Crippen LogP) is 0.692. The molecular weight excluding hydrogens is 164 g/mol. The summed E-state index contributed by atoms with van der Waals surface area (Å²) in [6.45, 7) is 8.01. The lowest BCUT2D eigenvalue weighted by molar-refractivity contribution is 0.132. The first-order valence-corrected chi connectivity index (χ1v) is 5.03. The van der Waals surface area contributed by atoms with Crippen molar-refractivity contribution in [2.24, 2.45) is 11.1 Å². The molecule has 3 nitrogen and oxygen atoms in total. The topological polar surface area (TPSA) is 38.5 Å². The molecular formula is C10H22N2O. The predicted molar refractivity (Wildman–Crippen MR) is 54.7 cm³/mol. The highest BCUT2D eigenvalue weighted by atomic mass is 16.5. The Morgan fingerprint density at radius 1 is 1.54 bits per heavy atom. The maximum absolute atomic E-state index is 5.70. The van der Waals surface area contributed by atoms with E-state index >= 15 is 0 Å². The second-order valence-corrected chi connectivity index (χ2v) is 4.80. The Morgan fingerprint density at radius 2 is 2.23 bits per heavy atom. The van der Waals surface area contributed by atoms with Crippen LogP contribution in [0.25, 0.3) is 0 Å². The number of nitrogens with zero attached hydrogens (tertiary/aromatic N) is 1. The molecule has 0 spiro atoms. The molecule has 1 fully saturated rings. The van der Waals surface area contributed by atoms with Gasteiger partial charge in [-0.2, -0.15) is 0 Å². The van der Waals surface area contributed by atoms with Crippen LogP contribution >= 0.6 is 0 Å². The zero-order valence-corrected chi connectivity index (χ0v) is 9.05. The van der Waals surface area contributed by atoms with Crippen molar-refractivity contribution in [2.45, 2.75) is 26.3 Å². The van der Waals surface area contributed by atoms with Crippen molar-refractivity contribution in [3.05, 3.63) is 0 Å². The third-order valence-corrected chi connectivity index (χ3v) is 2.76. The van der Waals surface area contributed by atoms with Crippen molar-refractivity contribution in [1.29, 1.82) is 0 Å². The second kappa shape index (κ2) is 4.40. The fourth-order valence-corrected chi connectivity index (χ4v) is 1.74. The lowest BCUT2D eigenvalue weighted by atomic mass is 9.92. The summed E-state index contributed by atoms with van der Waals surface area (Å²) < 4.78 is 5.35. The molecule has 1 atom stereocenters. The summed E-state index contributed by atoms with van der Waals surface area (Å²) in [6, 6.07) is 0.603. The number of hydrogen-bond donors (Lipinski definition) is 1. The average Bonchev–Trinajstić information content (AvgIpc) is 2.55. The van der Waals surface area contributed by atoms with Gasteiger partial charge in [0.15, 0.2) is 0 Å². The van der Waals surface area contributed by atoms with Gasteiger partial charge in [0.2, 0.25) is 0 Å². The largest absolute Gasteiger partial charge is 0.380 e. The van der Waals surface area contributed by atoms with Crippen LogP contribution in [0.5, 0.6) is 0 Å². The smallest absolute Gasteiger partial charge is 0.0622 e. The standard InChI is InChI=1S/C10H22N2O/c1-10(2,7-11)8-12(3)9-4-5-13-6-9/h9H,4-8,11H2,1-3H3. The molecule has 78 valence electrons. The van der Waals surface area contributed by atoms with Crippen LogP contribution in [0.1, 0.15) is 20.3 Å². The Kier molecular flexibility index (Phi) is 3.71. The third kappa shape index (κ3) is 3.25. The number of nitrogens with two attached hydrogens (primary N) is 1. The van der Waals surface area contributed by atoms with Crippen LogP contribution in [0, 0.1) is 5.41 Å². The van der Waals surface area contributed by atoms with Crippen LogP contribution in [0.4, 0.5) is 0 Å². The molecule has 0 saturated carbocycles. The number of ether oxygens (including phenoxy) is 1. The minimum absolute atomic E-state index is 0.220.